The second-order valence-corrected chi connectivity index (χ2v) is 5.42. The van der Waals surface area contributed by atoms with E-state index in [1.54, 1.807) is 0 Å². The maximum absolute atomic E-state index is 10.2. The normalized spacial score (nSPS) is 14.6. The first-order valence-electron chi connectivity index (χ1n) is 3.67. The molecule has 0 saturated heterocycles. The summed E-state index contributed by atoms with van der Waals surface area (Å²) in [5, 5.41) is 17.5. The molecule has 0 radical (unpaired) electrons. The zero-order valence-electron chi connectivity index (χ0n) is 7.30. The minimum absolute atomic E-state index is 0.233. The second-order valence-electron chi connectivity index (χ2n) is 2.96. The van der Waals surface area contributed by atoms with E-state index in [2.05, 4.69) is 0 Å². The van der Waals surface area contributed by atoms with Crippen LogP contribution in [0, 0.1) is 5.92 Å². The molecule has 0 aliphatic rings. The fourth-order valence-corrected chi connectivity index (χ4v) is 2.49. The van der Waals surface area contributed by atoms with Crippen molar-refractivity contribution in [1.29, 1.82) is 0 Å². The molecule has 0 aromatic carbocycles. The molecule has 5 heteroatoms. The first kappa shape index (κ1) is 11.9. The number of rotatable bonds is 5. The molecule has 75 valence electrons. The van der Waals surface area contributed by atoms with Gasteiger partial charge in [-0.05, 0) is 0 Å². The molecule has 0 unspecified atom stereocenters. The van der Waals surface area contributed by atoms with Crippen molar-refractivity contribution in [3.8, 4) is 0 Å². The molecule has 0 bridgehead atoms. The number of nitrogens with two attached hydrogens (primary N) is 1. The second kappa shape index (κ2) is 5.54. The molecule has 0 aliphatic carbocycles. The third-order valence-corrected chi connectivity index (χ3v) is 3.69. The van der Waals surface area contributed by atoms with Crippen molar-refractivity contribution in [2.24, 2.45) is 10.7 Å². The van der Waals surface area contributed by atoms with Gasteiger partial charge in [-0.3, -0.25) is 0 Å². The first-order valence-corrected chi connectivity index (χ1v) is 5.72. The summed E-state index contributed by atoms with van der Waals surface area (Å²) < 4.78 is 5.64. The minimum atomic E-state index is -1.21. The number of aliphatic hydroxyl groups excluding tert-OH is 1. The Morgan fingerprint density at radius 2 is 2.08 bits per heavy atom. The van der Waals surface area contributed by atoms with Crippen molar-refractivity contribution < 1.29 is 29.1 Å². The predicted molar refractivity (Wildman–Crippen MR) is 42.1 cm³/mol. The van der Waals surface area contributed by atoms with Crippen LogP contribution in [0.2, 0.25) is 5.32 Å². The van der Waals surface area contributed by atoms with E-state index in [0.717, 1.165) is 5.32 Å². The van der Waals surface area contributed by atoms with Gasteiger partial charge in [-0.25, -0.2) is 0 Å². The molecule has 0 rings (SSSR count). The Morgan fingerprint density at radius 3 is 2.42 bits per heavy atom. The average molecular weight is 218 g/mol. The molecule has 0 spiro atoms. The predicted octanol–water partition coefficient (Wildman–Crippen LogP) is 0.346. The number of hydrogen-bond donors (Lipinski definition) is 3. The molecule has 0 saturated carbocycles. The average Bonchev–Trinajstić information content (AvgIpc) is 1.84. The van der Waals surface area contributed by atoms with Crippen LogP contribution in [0.1, 0.15) is 20.3 Å². The van der Waals surface area contributed by atoms with Gasteiger partial charge in [0.25, 0.3) is 0 Å². The molecule has 0 fully saturated rings. The fourth-order valence-electron chi connectivity index (χ4n) is 0.662. The summed E-state index contributed by atoms with van der Waals surface area (Å²) in [6, 6.07) is 0. The van der Waals surface area contributed by atoms with Crippen molar-refractivity contribution in [3.05, 3.63) is 0 Å². The van der Waals surface area contributed by atoms with Gasteiger partial charge < -0.3 is 0 Å². The summed E-state index contributed by atoms with van der Waals surface area (Å²) in [6.07, 6.45) is -0.233. The topological polar surface area (TPSA) is 83.5 Å². The van der Waals surface area contributed by atoms with Gasteiger partial charge in [0, 0.05) is 0 Å². The summed E-state index contributed by atoms with van der Waals surface area (Å²) in [4.78, 5) is 10.2. The standard InChI is InChI=1S/C4H9.C3H5O3.Fe.H2N/c1-4(2)3;4-2-1-3(5)6;;/h4H,1H2,2-3H3;2,4H,1H2,(H,5,6);;1H2/q;;+1;-1. The van der Waals surface area contributed by atoms with E-state index in [1.165, 1.54) is 0 Å². The quantitative estimate of drug-likeness (QED) is 0.581. The van der Waals surface area contributed by atoms with Crippen LogP contribution >= 0.6 is 0 Å². The van der Waals surface area contributed by atoms with E-state index in [0.29, 0.717) is 5.92 Å². The van der Waals surface area contributed by atoms with Gasteiger partial charge in [0.1, 0.15) is 0 Å². The molecular weight excluding hydrogens is 202 g/mol. The van der Waals surface area contributed by atoms with E-state index < -0.39 is 25.1 Å². The zero-order chi connectivity index (χ0) is 9.72. The van der Waals surface area contributed by atoms with E-state index in [4.69, 9.17) is 9.86 Å². The number of carboxylic acids is 1. The van der Waals surface area contributed by atoms with Crippen LogP contribution in [0.5, 0.6) is 0 Å². The molecular formula is C7H16FeNO3. The Balaban J connectivity index is 3.76. The van der Waals surface area contributed by atoms with Gasteiger partial charge in [-0.15, -0.1) is 0 Å². The Bertz CT molecular complexity index is 152. The SMILES string of the molecule is CC(C)[CH2][Fe]([NH2])[C@@H](O)CC(=O)O. The molecule has 0 aliphatic heterocycles. The van der Waals surface area contributed by atoms with Gasteiger partial charge in [0.2, 0.25) is 0 Å². The van der Waals surface area contributed by atoms with Gasteiger partial charge in [-0.1, -0.05) is 0 Å². The number of carbonyl (C=O) groups is 1. The van der Waals surface area contributed by atoms with E-state index in [-0.39, 0.29) is 6.42 Å². The van der Waals surface area contributed by atoms with Crippen molar-refractivity contribution in [2.75, 3.05) is 0 Å². The van der Waals surface area contributed by atoms with Gasteiger partial charge in [-0.2, -0.15) is 0 Å². The summed E-state index contributed by atoms with van der Waals surface area (Å²) in [6.45, 7) is 4.00. The summed E-state index contributed by atoms with van der Waals surface area (Å²) in [5.41, 5.74) is 0. The van der Waals surface area contributed by atoms with Gasteiger partial charge in [0.05, 0.1) is 0 Å². The molecule has 12 heavy (non-hydrogen) atoms. The van der Waals surface area contributed by atoms with E-state index >= 15 is 0 Å². The molecule has 1 atom stereocenters. The summed E-state index contributed by atoms with van der Waals surface area (Å²) >= 11 is -1.21. The number of carboxylic acid groups (broad SMARTS) is 1. The van der Waals surface area contributed by atoms with Crippen LogP contribution in [-0.2, 0) is 18.9 Å². The third-order valence-electron chi connectivity index (χ3n) is 1.10. The van der Waals surface area contributed by atoms with Crippen LogP contribution in [0.15, 0.2) is 0 Å². The number of aliphatic hydroxyl groups is 1. The maximum atomic E-state index is 10.2. The number of hydrogen-bond acceptors (Lipinski definition) is 3. The van der Waals surface area contributed by atoms with Crippen LogP contribution in [-0.4, -0.2) is 21.2 Å². The molecule has 0 amide bonds. The molecule has 0 aromatic heterocycles. The van der Waals surface area contributed by atoms with Crippen LogP contribution < -0.4 is 4.75 Å². The Labute approximate surface area is 76.9 Å². The molecule has 0 heterocycles. The van der Waals surface area contributed by atoms with Gasteiger partial charge in [0.15, 0.2) is 0 Å². The van der Waals surface area contributed by atoms with Crippen molar-refractivity contribution in [3.63, 3.8) is 0 Å². The Hall–Kier alpha value is -0.0905. The van der Waals surface area contributed by atoms with Crippen molar-refractivity contribution in [1.82, 2.24) is 0 Å². The molecule has 4 N–H and O–H groups in total. The van der Waals surface area contributed by atoms with Crippen LogP contribution in [0.4, 0.5) is 0 Å². The van der Waals surface area contributed by atoms with Crippen molar-refractivity contribution in [2.45, 2.75) is 30.6 Å². The van der Waals surface area contributed by atoms with Crippen molar-refractivity contribution >= 4 is 5.97 Å². The number of aliphatic carboxylic acids is 1. The fraction of sp³-hybridized carbons (Fsp3) is 0.857. The molecule has 4 nitrogen and oxygen atoms in total. The first-order chi connectivity index (χ1) is 5.43. The Morgan fingerprint density at radius 1 is 1.58 bits per heavy atom. The Kier molecular flexibility index (Phi) is 5.50. The summed E-state index contributed by atoms with van der Waals surface area (Å²) in [5.74, 6) is -0.576. The van der Waals surface area contributed by atoms with Crippen LogP contribution in [0.3, 0.4) is 0 Å². The van der Waals surface area contributed by atoms with E-state index in [9.17, 15) is 9.90 Å². The zero-order valence-corrected chi connectivity index (χ0v) is 8.41. The third kappa shape index (κ3) is 5.55. The van der Waals surface area contributed by atoms with Crippen LogP contribution in [0.25, 0.3) is 0 Å². The molecule has 0 aromatic rings. The van der Waals surface area contributed by atoms with Gasteiger partial charge >= 0.3 is 76.4 Å². The summed E-state index contributed by atoms with van der Waals surface area (Å²) in [7, 11) is 0. The monoisotopic (exact) mass is 218 g/mol. The van der Waals surface area contributed by atoms with E-state index in [1.807, 2.05) is 13.8 Å².